The third-order valence-electron chi connectivity index (χ3n) is 3.91. The van der Waals surface area contributed by atoms with E-state index in [9.17, 15) is 14.4 Å². The number of hydrogen-bond acceptors (Lipinski definition) is 3. The van der Waals surface area contributed by atoms with Crippen molar-refractivity contribution in [3.8, 4) is 0 Å². The fourth-order valence-electron chi connectivity index (χ4n) is 2.80. The van der Waals surface area contributed by atoms with Gasteiger partial charge >= 0.3 is 0 Å². The van der Waals surface area contributed by atoms with Crippen molar-refractivity contribution in [1.29, 1.82) is 0 Å². The van der Waals surface area contributed by atoms with E-state index >= 15 is 0 Å². The zero-order chi connectivity index (χ0) is 16.8. The van der Waals surface area contributed by atoms with Crippen molar-refractivity contribution in [2.45, 2.75) is 52.5 Å². The smallest absolute Gasteiger partial charge is 0.251 e. The van der Waals surface area contributed by atoms with Crippen LogP contribution < -0.4 is 10.6 Å². The van der Waals surface area contributed by atoms with Gasteiger partial charge in [-0.25, -0.2) is 0 Å². The van der Waals surface area contributed by atoms with Crippen LogP contribution in [0.15, 0.2) is 18.2 Å². The molecule has 1 aromatic carbocycles. The van der Waals surface area contributed by atoms with E-state index in [0.717, 1.165) is 24.8 Å². The van der Waals surface area contributed by atoms with Crippen molar-refractivity contribution in [3.05, 3.63) is 34.9 Å². The first-order chi connectivity index (χ1) is 11.0. The Bertz CT molecular complexity index is 598. The number of hydrogen-bond donors (Lipinski definition) is 2. The highest BCUT2D eigenvalue weighted by atomic mass is 16.2. The van der Waals surface area contributed by atoms with Crippen LogP contribution in [0.4, 0.5) is 0 Å². The number of benzene rings is 1. The van der Waals surface area contributed by atoms with Crippen LogP contribution in [-0.2, 0) is 22.6 Å². The maximum atomic E-state index is 11.4. The van der Waals surface area contributed by atoms with Gasteiger partial charge in [0, 0.05) is 26.4 Å². The van der Waals surface area contributed by atoms with Gasteiger partial charge in [-0.15, -0.1) is 0 Å². The highest BCUT2D eigenvalue weighted by Gasteiger charge is 2.20. The lowest BCUT2D eigenvalue weighted by molar-refractivity contribution is -0.129. The van der Waals surface area contributed by atoms with Crippen LogP contribution in [0.1, 0.15) is 62.4 Å². The van der Waals surface area contributed by atoms with E-state index in [4.69, 9.17) is 0 Å². The predicted molar refractivity (Wildman–Crippen MR) is 89.9 cm³/mol. The molecule has 0 bridgehead atoms. The number of carbonyl (C=O) groups is 3. The van der Waals surface area contributed by atoms with Gasteiger partial charge in [0.2, 0.25) is 11.8 Å². The van der Waals surface area contributed by atoms with Crippen LogP contribution in [0.3, 0.4) is 0 Å². The Hall–Kier alpha value is -2.17. The first-order valence-corrected chi connectivity index (χ1v) is 8.19. The summed E-state index contributed by atoms with van der Waals surface area (Å²) in [6.07, 6.45) is 3.75. The zero-order valence-electron chi connectivity index (χ0n) is 13.8. The van der Waals surface area contributed by atoms with E-state index in [1.54, 1.807) is 0 Å². The van der Waals surface area contributed by atoms with Crippen molar-refractivity contribution < 1.29 is 15.8 Å². The topological polar surface area (TPSA) is 75.3 Å². The van der Waals surface area contributed by atoms with Crippen LogP contribution in [0, 0.1) is 5.92 Å². The Morgan fingerprint density at radius 1 is 1.09 bits per heavy atom. The molecule has 0 atom stereocenters. The summed E-state index contributed by atoms with van der Waals surface area (Å²) in [5, 5.41) is 5.12. The Balaban J connectivity index is 0.000000252. The molecule has 0 saturated carbocycles. The molecule has 1 aromatic rings. The molecule has 5 heteroatoms. The molecule has 1 saturated heterocycles. The Morgan fingerprint density at radius 2 is 1.74 bits per heavy atom. The Kier molecular flexibility index (Phi) is 5.90. The SMILES string of the molecule is CC(C)Cc1cccc2c1CNC2=O.O=C1CCCCC(=O)N1.[HH]. The molecule has 0 radical (unpaired) electrons. The molecule has 2 aliphatic heterocycles. The summed E-state index contributed by atoms with van der Waals surface area (Å²) in [7, 11) is 0. The van der Waals surface area contributed by atoms with Crippen LogP contribution in [0.25, 0.3) is 0 Å². The van der Waals surface area contributed by atoms with Crippen LogP contribution in [0.2, 0.25) is 0 Å². The molecule has 0 aliphatic carbocycles. The minimum atomic E-state index is -0.127. The average molecular weight is 318 g/mol. The van der Waals surface area contributed by atoms with Gasteiger partial charge in [0.25, 0.3) is 5.91 Å². The van der Waals surface area contributed by atoms with E-state index < -0.39 is 0 Å². The Morgan fingerprint density at radius 3 is 2.35 bits per heavy atom. The van der Waals surface area contributed by atoms with Crippen molar-refractivity contribution in [2.75, 3.05) is 0 Å². The molecule has 126 valence electrons. The van der Waals surface area contributed by atoms with E-state index in [2.05, 4.69) is 30.5 Å². The number of nitrogens with one attached hydrogen (secondary N) is 2. The molecule has 3 rings (SSSR count). The fourth-order valence-corrected chi connectivity index (χ4v) is 2.80. The van der Waals surface area contributed by atoms with Gasteiger partial charge < -0.3 is 5.32 Å². The first kappa shape index (κ1) is 17.2. The third-order valence-corrected chi connectivity index (χ3v) is 3.91. The second-order valence-electron chi connectivity index (χ2n) is 6.40. The van der Waals surface area contributed by atoms with Crippen molar-refractivity contribution in [3.63, 3.8) is 0 Å². The molecule has 3 amide bonds. The zero-order valence-corrected chi connectivity index (χ0v) is 13.8. The fraction of sp³-hybridized carbons (Fsp3) is 0.500. The van der Waals surface area contributed by atoms with Crippen molar-refractivity contribution >= 4 is 17.7 Å². The first-order valence-electron chi connectivity index (χ1n) is 8.19. The van der Waals surface area contributed by atoms with Crippen molar-refractivity contribution in [1.82, 2.24) is 10.6 Å². The lowest BCUT2D eigenvalue weighted by Gasteiger charge is -2.08. The van der Waals surface area contributed by atoms with Gasteiger partial charge in [0.15, 0.2) is 0 Å². The van der Waals surface area contributed by atoms with Crippen LogP contribution in [-0.4, -0.2) is 17.7 Å². The minimum Gasteiger partial charge on any atom is -0.348 e. The molecule has 5 nitrogen and oxygen atoms in total. The molecule has 2 heterocycles. The lowest BCUT2D eigenvalue weighted by atomic mass is 9.96. The summed E-state index contributed by atoms with van der Waals surface area (Å²) in [5.74, 6) is 0.456. The third kappa shape index (κ3) is 4.91. The summed E-state index contributed by atoms with van der Waals surface area (Å²) in [6.45, 7) is 5.10. The highest BCUT2D eigenvalue weighted by Crippen LogP contribution is 2.22. The molecular weight excluding hydrogens is 292 g/mol. The van der Waals surface area contributed by atoms with Crippen LogP contribution >= 0.6 is 0 Å². The minimum absolute atomic E-state index is 0. The van der Waals surface area contributed by atoms with Crippen LogP contribution in [0.5, 0.6) is 0 Å². The summed E-state index contributed by atoms with van der Waals surface area (Å²) in [5.41, 5.74) is 3.38. The largest absolute Gasteiger partial charge is 0.348 e. The van der Waals surface area contributed by atoms with E-state index in [-0.39, 0.29) is 19.1 Å². The summed E-state index contributed by atoms with van der Waals surface area (Å²) in [4.78, 5) is 32.5. The van der Waals surface area contributed by atoms with Gasteiger partial charge in [0.05, 0.1) is 0 Å². The Labute approximate surface area is 138 Å². The number of carbonyl (C=O) groups excluding carboxylic acids is 3. The average Bonchev–Trinajstić information content (AvgIpc) is 2.75. The normalized spacial score (nSPS) is 16.9. The number of amides is 3. The molecular formula is C18H26N2O3. The number of imide groups is 1. The van der Waals surface area contributed by atoms with Crippen molar-refractivity contribution in [2.24, 2.45) is 5.92 Å². The second-order valence-corrected chi connectivity index (χ2v) is 6.40. The molecule has 1 fully saturated rings. The monoisotopic (exact) mass is 318 g/mol. The summed E-state index contributed by atoms with van der Waals surface area (Å²) >= 11 is 0. The highest BCUT2D eigenvalue weighted by molar-refractivity contribution is 5.98. The standard InChI is InChI=1S/C12H15NO.C6H9NO2.H2/c1-8(2)6-9-4-3-5-10-11(9)7-13-12(10)14;8-5-3-1-2-4-6(9)7-5;/h3-5,8H,6-7H2,1-2H3,(H,13,14);1-4H2,(H,7,8,9);1H. The molecule has 2 N–H and O–H groups in total. The molecule has 23 heavy (non-hydrogen) atoms. The van der Waals surface area contributed by atoms with Gasteiger partial charge in [-0.3, -0.25) is 19.7 Å². The molecule has 0 spiro atoms. The van der Waals surface area contributed by atoms with E-state index in [1.807, 2.05) is 12.1 Å². The molecule has 0 aromatic heterocycles. The molecule has 2 aliphatic rings. The van der Waals surface area contributed by atoms with Gasteiger partial charge in [-0.05, 0) is 42.4 Å². The lowest BCUT2D eigenvalue weighted by Crippen LogP contribution is -2.27. The quantitative estimate of drug-likeness (QED) is 0.823. The second kappa shape index (κ2) is 7.90. The van der Waals surface area contributed by atoms with Gasteiger partial charge in [-0.1, -0.05) is 26.0 Å². The van der Waals surface area contributed by atoms with E-state index in [0.29, 0.717) is 25.3 Å². The number of rotatable bonds is 2. The van der Waals surface area contributed by atoms with Gasteiger partial charge in [-0.2, -0.15) is 0 Å². The number of fused-ring (bicyclic) bond motifs is 1. The summed E-state index contributed by atoms with van der Waals surface area (Å²) in [6, 6.07) is 6.00. The summed E-state index contributed by atoms with van der Waals surface area (Å²) < 4.78 is 0. The molecule has 0 unspecified atom stereocenters. The predicted octanol–water partition coefficient (Wildman–Crippen LogP) is 2.58. The maximum absolute atomic E-state index is 11.4. The van der Waals surface area contributed by atoms with Gasteiger partial charge in [0.1, 0.15) is 0 Å². The maximum Gasteiger partial charge on any atom is 0.251 e. The van der Waals surface area contributed by atoms with E-state index in [1.165, 1.54) is 11.1 Å².